The van der Waals surface area contributed by atoms with Gasteiger partial charge in [-0.25, -0.2) is 0 Å². The molecule has 0 fully saturated rings. The van der Waals surface area contributed by atoms with E-state index >= 15 is 0 Å². The summed E-state index contributed by atoms with van der Waals surface area (Å²) in [4.78, 5) is 11.9. The molecule has 21 heavy (non-hydrogen) atoms. The Balaban J connectivity index is 2.10. The van der Waals surface area contributed by atoms with Gasteiger partial charge in [0, 0.05) is 17.3 Å². The van der Waals surface area contributed by atoms with E-state index in [1.807, 2.05) is 19.1 Å². The number of benzene rings is 2. The molecular formula is C17H17NO3. The zero-order valence-electron chi connectivity index (χ0n) is 11.7. The first-order chi connectivity index (χ1) is 10.1. The summed E-state index contributed by atoms with van der Waals surface area (Å²) in [6.45, 7) is 1.78. The van der Waals surface area contributed by atoms with Crippen LogP contribution >= 0.6 is 0 Å². The highest BCUT2D eigenvalue weighted by molar-refractivity contribution is 6.02. The molecule has 4 nitrogen and oxygen atoms in total. The van der Waals surface area contributed by atoms with Gasteiger partial charge in [0.25, 0.3) is 0 Å². The van der Waals surface area contributed by atoms with Crippen LogP contribution in [0.15, 0.2) is 48.5 Å². The third-order valence-corrected chi connectivity index (χ3v) is 2.99. The Morgan fingerprint density at radius 3 is 2.76 bits per heavy atom. The zero-order valence-corrected chi connectivity index (χ0v) is 11.7. The maximum atomic E-state index is 11.9. The van der Waals surface area contributed by atoms with E-state index in [-0.39, 0.29) is 18.3 Å². The van der Waals surface area contributed by atoms with E-state index in [4.69, 9.17) is 0 Å². The highest BCUT2D eigenvalue weighted by Gasteiger charge is 2.04. The quantitative estimate of drug-likeness (QED) is 0.756. The van der Waals surface area contributed by atoms with Gasteiger partial charge in [0.1, 0.15) is 5.75 Å². The van der Waals surface area contributed by atoms with Gasteiger partial charge in [0.2, 0.25) is 5.91 Å². The molecule has 0 saturated heterocycles. The number of aryl methyl sites for hydroxylation is 1. The molecule has 0 spiro atoms. The number of phenolic OH excluding ortho intramolecular Hbond substituents is 1. The van der Waals surface area contributed by atoms with Crippen LogP contribution in [0.2, 0.25) is 0 Å². The predicted octanol–water partition coefficient (Wildman–Crippen LogP) is 2.84. The Bertz CT molecular complexity index is 677. The van der Waals surface area contributed by atoms with E-state index in [0.29, 0.717) is 11.3 Å². The maximum absolute atomic E-state index is 11.9. The van der Waals surface area contributed by atoms with Crippen molar-refractivity contribution in [3.8, 4) is 5.75 Å². The van der Waals surface area contributed by atoms with Crippen molar-refractivity contribution in [3.63, 3.8) is 0 Å². The van der Waals surface area contributed by atoms with Gasteiger partial charge < -0.3 is 15.5 Å². The zero-order chi connectivity index (χ0) is 15.2. The minimum absolute atomic E-state index is 0.133. The summed E-state index contributed by atoms with van der Waals surface area (Å²) in [5.41, 5.74) is 3.00. The van der Waals surface area contributed by atoms with Crippen molar-refractivity contribution in [2.24, 2.45) is 0 Å². The van der Waals surface area contributed by atoms with E-state index in [1.54, 1.807) is 36.4 Å². The van der Waals surface area contributed by atoms with Crippen molar-refractivity contribution in [2.75, 3.05) is 5.32 Å². The van der Waals surface area contributed by atoms with Gasteiger partial charge in [0.15, 0.2) is 0 Å². The number of nitrogens with one attached hydrogen (secondary N) is 1. The molecule has 0 aromatic heterocycles. The van der Waals surface area contributed by atoms with Crippen LogP contribution in [-0.2, 0) is 11.4 Å². The second-order valence-electron chi connectivity index (χ2n) is 4.74. The first kappa shape index (κ1) is 14.8. The smallest absolute Gasteiger partial charge is 0.248 e. The Hall–Kier alpha value is -2.59. The van der Waals surface area contributed by atoms with Crippen molar-refractivity contribution >= 4 is 17.7 Å². The second-order valence-corrected chi connectivity index (χ2v) is 4.74. The Morgan fingerprint density at radius 1 is 1.24 bits per heavy atom. The van der Waals surface area contributed by atoms with Crippen LogP contribution in [0, 0.1) is 6.92 Å². The van der Waals surface area contributed by atoms with Crippen LogP contribution in [0.1, 0.15) is 16.7 Å². The van der Waals surface area contributed by atoms with E-state index in [2.05, 4.69) is 5.32 Å². The second kappa shape index (κ2) is 6.72. The molecule has 3 N–H and O–H groups in total. The number of carbonyl (C=O) groups is 1. The number of hydrogen-bond acceptors (Lipinski definition) is 3. The Kier molecular flexibility index (Phi) is 4.74. The molecular weight excluding hydrogens is 266 g/mol. The van der Waals surface area contributed by atoms with Crippen LogP contribution in [0.25, 0.3) is 6.08 Å². The molecule has 0 bridgehead atoms. The summed E-state index contributed by atoms with van der Waals surface area (Å²) < 4.78 is 0. The largest absolute Gasteiger partial charge is 0.508 e. The molecule has 2 aromatic carbocycles. The number of amides is 1. The van der Waals surface area contributed by atoms with Crippen molar-refractivity contribution in [3.05, 3.63) is 65.2 Å². The first-order valence-electron chi connectivity index (χ1n) is 6.57. The topological polar surface area (TPSA) is 69.6 Å². The molecule has 108 valence electrons. The van der Waals surface area contributed by atoms with Gasteiger partial charge in [-0.2, -0.15) is 0 Å². The highest BCUT2D eigenvalue weighted by Crippen LogP contribution is 2.18. The molecule has 4 heteroatoms. The Labute approximate surface area is 123 Å². The molecule has 0 aliphatic rings. The summed E-state index contributed by atoms with van der Waals surface area (Å²) in [6, 6.07) is 12.1. The van der Waals surface area contributed by atoms with Crippen molar-refractivity contribution in [2.45, 2.75) is 13.5 Å². The van der Waals surface area contributed by atoms with Crippen LogP contribution in [-0.4, -0.2) is 16.1 Å². The van der Waals surface area contributed by atoms with Gasteiger partial charge in [-0.05, 0) is 42.3 Å². The van der Waals surface area contributed by atoms with Crippen molar-refractivity contribution in [1.82, 2.24) is 0 Å². The molecule has 0 aliphatic carbocycles. The van der Waals surface area contributed by atoms with Crippen LogP contribution in [0.3, 0.4) is 0 Å². The Morgan fingerprint density at radius 2 is 2.05 bits per heavy atom. The highest BCUT2D eigenvalue weighted by atomic mass is 16.3. The fraction of sp³-hybridized carbons (Fsp3) is 0.118. The molecule has 0 unspecified atom stereocenters. The summed E-state index contributed by atoms with van der Waals surface area (Å²) in [7, 11) is 0. The summed E-state index contributed by atoms with van der Waals surface area (Å²) in [5, 5.41) is 21.4. The monoisotopic (exact) mass is 283 g/mol. The summed E-state index contributed by atoms with van der Waals surface area (Å²) in [5.74, 6) is -0.141. The predicted molar refractivity (Wildman–Crippen MR) is 82.9 cm³/mol. The van der Waals surface area contributed by atoms with Crippen LogP contribution < -0.4 is 5.32 Å². The maximum Gasteiger partial charge on any atom is 0.248 e. The first-order valence-corrected chi connectivity index (χ1v) is 6.57. The fourth-order valence-corrected chi connectivity index (χ4v) is 1.92. The minimum Gasteiger partial charge on any atom is -0.508 e. The molecule has 0 heterocycles. The third-order valence-electron chi connectivity index (χ3n) is 2.99. The number of hydrogen-bond donors (Lipinski definition) is 3. The minimum atomic E-state index is -0.293. The molecule has 0 saturated carbocycles. The van der Waals surface area contributed by atoms with Gasteiger partial charge in [-0.3, -0.25) is 4.79 Å². The van der Waals surface area contributed by atoms with Gasteiger partial charge in [0.05, 0.1) is 6.61 Å². The molecule has 0 aliphatic heterocycles. The van der Waals surface area contributed by atoms with Gasteiger partial charge in [-0.15, -0.1) is 0 Å². The van der Waals surface area contributed by atoms with Crippen molar-refractivity contribution in [1.29, 1.82) is 0 Å². The SMILES string of the molecule is Cc1ccc(CO)c(NC(=O)/C=C/c2cccc(O)c2)c1. The van der Waals surface area contributed by atoms with Gasteiger partial charge >= 0.3 is 0 Å². The molecule has 1 amide bonds. The van der Waals surface area contributed by atoms with Crippen LogP contribution in [0.5, 0.6) is 5.75 Å². The van der Waals surface area contributed by atoms with Gasteiger partial charge in [-0.1, -0.05) is 24.3 Å². The molecule has 2 rings (SSSR count). The van der Waals surface area contributed by atoms with E-state index in [1.165, 1.54) is 6.08 Å². The third kappa shape index (κ3) is 4.19. The lowest BCUT2D eigenvalue weighted by molar-refractivity contribution is -0.111. The standard InChI is InChI=1S/C17H17NO3/c1-12-5-7-14(11-19)16(9-12)18-17(21)8-6-13-3-2-4-15(20)10-13/h2-10,19-20H,11H2,1H3,(H,18,21)/b8-6+. The normalized spacial score (nSPS) is 10.8. The average Bonchev–Trinajstić information content (AvgIpc) is 2.45. The van der Waals surface area contributed by atoms with Crippen molar-refractivity contribution < 1.29 is 15.0 Å². The van der Waals surface area contributed by atoms with E-state index < -0.39 is 0 Å². The fourth-order valence-electron chi connectivity index (χ4n) is 1.92. The lowest BCUT2D eigenvalue weighted by Crippen LogP contribution is -2.10. The van der Waals surface area contributed by atoms with E-state index in [9.17, 15) is 15.0 Å². The number of aliphatic hydroxyl groups excluding tert-OH is 1. The number of anilines is 1. The molecule has 2 aromatic rings. The average molecular weight is 283 g/mol. The summed E-state index contributed by atoms with van der Waals surface area (Å²) >= 11 is 0. The lowest BCUT2D eigenvalue weighted by Gasteiger charge is -2.08. The number of phenols is 1. The van der Waals surface area contributed by atoms with Crippen LogP contribution in [0.4, 0.5) is 5.69 Å². The number of rotatable bonds is 4. The number of carbonyl (C=O) groups excluding carboxylic acids is 1. The van der Waals surface area contributed by atoms with E-state index in [0.717, 1.165) is 11.1 Å². The lowest BCUT2D eigenvalue weighted by atomic mass is 10.1. The summed E-state index contributed by atoms with van der Waals surface area (Å²) in [6.07, 6.45) is 3.00. The number of aromatic hydroxyl groups is 1. The molecule has 0 radical (unpaired) electrons. The number of aliphatic hydroxyl groups is 1. The molecule has 0 atom stereocenters.